The van der Waals surface area contributed by atoms with Gasteiger partial charge in [0.2, 0.25) is 0 Å². The van der Waals surface area contributed by atoms with Crippen molar-refractivity contribution in [1.82, 2.24) is 10.6 Å². The average Bonchev–Trinajstić information content (AvgIpc) is 2.26. The molecule has 0 bridgehead atoms. The Morgan fingerprint density at radius 2 is 1.91 bits per heavy atom. The number of carboxylic acids is 1. The maximum absolute atomic E-state index is 10.1. The van der Waals surface area contributed by atoms with E-state index in [1.807, 2.05) is 0 Å². The van der Waals surface area contributed by atoms with Crippen LogP contribution in [0.4, 0.5) is 0 Å². The summed E-state index contributed by atoms with van der Waals surface area (Å²) in [5.41, 5.74) is 10.3. The predicted molar refractivity (Wildman–Crippen MR) is 86.2 cm³/mol. The first-order valence-corrected chi connectivity index (χ1v) is 7.76. The molecule has 10 N–H and O–H groups in total. The molecular formula is C9H24ClN6O5P. The van der Waals surface area contributed by atoms with Gasteiger partial charge in [-0.05, 0) is 6.42 Å². The van der Waals surface area contributed by atoms with Crippen LogP contribution in [-0.4, -0.2) is 52.2 Å². The number of hydrogen-bond acceptors (Lipinski definition) is 5. The molecule has 0 aromatic rings. The first-order valence-electron chi connectivity index (χ1n) is 5.96. The molecule has 22 heavy (non-hydrogen) atoms. The quantitative estimate of drug-likeness (QED) is 0.118. The second-order valence-electron chi connectivity index (χ2n) is 3.80. The third-order valence-electron chi connectivity index (χ3n) is 1.65. The summed E-state index contributed by atoms with van der Waals surface area (Å²) < 4.78 is 10.1. The second-order valence-corrected chi connectivity index (χ2v) is 5.45. The molecule has 0 unspecified atom stereocenters. The molecule has 0 aromatic heterocycles. The van der Waals surface area contributed by atoms with Gasteiger partial charge < -0.3 is 26.4 Å². The van der Waals surface area contributed by atoms with Gasteiger partial charge in [0, 0.05) is 6.54 Å². The zero-order valence-electron chi connectivity index (χ0n) is 12.2. The Bertz CT molecular complexity index is 402. The van der Waals surface area contributed by atoms with Gasteiger partial charge >= 0.3 is 13.6 Å². The molecule has 0 heterocycles. The van der Waals surface area contributed by atoms with Crippen molar-refractivity contribution in [2.45, 2.75) is 19.8 Å². The van der Waals surface area contributed by atoms with E-state index in [0.29, 0.717) is 6.54 Å². The molecule has 0 aliphatic rings. The molecule has 0 aliphatic carbocycles. The molecule has 0 radical (unpaired) electrons. The van der Waals surface area contributed by atoms with Gasteiger partial charge in [0.1, 0.15) is 0 Å². The summed E-state index contributed by atoms with van der Waals surface area (Å²) in [6, 6.07) is 0. The standard InChI is InChI=1S/C6H15N5.C3H8NO5P.ClH/c1-2-3-4-10-6(9)11-5(7)8;5-3(6)1-4-2-10(7,8)9;/h2-4H2,1H3,(H6,7,8,9,10,11);4H,1-2H2,(H,5,6)(H2,7,8,9);1H. The summed E-state index contributed by atoms with van der Waals surface area (Å²) in [7, 11) is -4.10. The third-order valence-corrected chi connectivity index (χ3v) is 2.29. The van der Waals surface area contributed by atoms with E-state index in [1.165, 1.54) is 0 Å². The number of aliphatic carboxylic acids is 1. The maximum atomic E-state index is 10.1. The van der Waals surface area contributed by atoms with E-state index in [0.717, 1.165) is 12.8 Å². The number of carboxylic acid groups (broad SMARTS) is 1. The minimum Gasteiger partial charge on any atom is -0.480 e. The van der Waals surface area contributed by atoms with E-state index in [2.05, 4.69) is 22.5 Å². The zero-order chi connectivity index (χ0) is 16.9. The average molecular weight is 363 g/mol. The number of nitrogens with two attached hydrogens (primary N) is 2. The van der Waals surface area contributed by atoms with Gasteiger partial charge in [-0.3, -0.25) is 30.4 Å². The number of rotatable bonds is 7. The highest BCUT2D eigenvalue weighted by molar-refractivity contribution is 7.51. The lowest BCUT2D eigenvalue weighted by molar-refractivity contribution is -0.135. The largest absolute Gasteiger partial charge is 0.480 e. The molecule has 0 rings (SSSR count). The fourth-order valence-corrected chi connectivity index (χ4v) is 1.25. The van der Waals surface area contributed by atoms with Crippen LogP contribution in [0.2, 0.25) is 0 Å². The van der Waals surface area contributed by atoms with E-state index >= 15 is 0 Å². The van der Waals surface area contributed by atoms with Crippen molar-refractivity contribution in [3.8, 4) is 0 Å². The predicted octanol–water partition coefficient (Wildman–Crippen LogP) is -1.20. The van der Waals surface area contributed by atoms with E-state index in [-0.39, 0.29) is 24.3 Å². The van der Waals surface area contributed by atoms with E-state index in [4.69, 9.17) is 31.8 Å². The van der Waals surface area contributed by atoms with E-state index < -0.39 is 26.4 Å². The number of guanidine groups is 2. The maximum Gasteiger partial charge on any atom is 0.339 e. The molecule has 0 saturated heterocycles. The Morgan fingerprint density at radius 3 is 2.27 bits per heavy atom. The van der Waals surface area contributed by atoms with E-state index in [1.54, 1.807) is 0 Å². The highest BCUT2D eigenvalue weighted by Crippen LogP contribution is 2.31. The van der Waals surface area contributed by atoms with Crippen LogP contribution in [-0.2, 0) is 9.36 Å². The van der Waals surface area contributed by atoms with Crippen molar-refractivity contribution in [1.29, 1.82) is 5.41 Å². The lowest BCUT2D eigenvalue weighted by Crippen LogP contribution is -2.40. The van der Waals surface area contributed by atoms with Crippen LogP contribution in [0.25, 0.3) is 0 Å². The van der Waals surface area contributed by atoms with Gasteiger partial charge in [0.05, 0.1) is 12.8 Å². The van der Waals surface area contributed by atoms with Crippen molar-refractivity contribution in [3.05, 3.63) is 0 Å². The van der Waals surface area contributed by atoms with Crippen LogP contribution in [0.1, 0.15) is 19.8 Å². The van der Waals surface area contributed by atoms with Crippen molar-refractivity contribution in [2.75, 3.05) is 19.4 Å². The van der Waals surface area contributed by atoms with Crippen molar-refractivity contribution in [2.24, 2.45) is 16.5 Å². The number of nitrogens with one attached hydrogen (secondary N) is 3. The molecule has 0 saturated carbocycles. The molecule has 0 atom stereocenters. The first-order chi connectivity index (χ1) is 9.58. The van der Waals surface area contributed by atoms with Gasteiger partial charge in [-0.1, -0.05) is 13.3 Å². The zero-order valence-corrected chi connectivity index (χ0v) is 13.9. The van der Waals surface area contributed by atoms with Gasteiger partial charge in [-0.2, -0.15) is 0 Å². The van der Waals surface area contributed by atoms with Crippen LogP contribution in [0.3, 0.4) is 0 Å². The number of unbranched alkanes of at least 4 members (excludes halogenated alkanes) is 1. The van der Waals surface area contributed by atoms with Crippen LogP contribution in [0.5, 0.6) is 0 Å². The van der Waals surface area contributed by atoms with Gasteiger partial charge in [-0.15, -0.1) is 12.4 Å². The number of carbonyl (C=O) groups is 1. The Hall–Kier alpha value is -1.39. The van der Waals surface area contributed by atoms with Gasteiger partial charge in [-0.25, -0.2) is 0 Å². The highest BCUT2D eigenvalue weighted by Gasteiger charge is 2.11. The topological polar surface area (TPSA) is 207 Å². The monoisotopic (exact) mass is 362 g/mol. The van der Waals surface area contributed by atoms with Crippen LogP contribution < -0.4 is 22.1 Å². The SMILES string of the molecule is CCCCN=C(N)NC(=N)N.Cl.O=C(O)CNCP(=O)(O)O. The number of halogens is 1. The normalized spacial score (nSPS) is 10.8. The molecule has 0 aromatic carbocycles. The van der Waals surface area contributed by atoms with Crippen LogP contribution in [0, 0.1) is 5.41 Å². The molecule has 0 amide bonds. The lowest BCUT2D eigenvalue weighted by Gasteiger charge is -2.02. The molecular weight excluding hydrogens is 339 g/mol. The Labute approximate surface area is 134 Å². The summed E-state index contributed by atoms with van der Waals surface area (Å²) in [5, 5.41) is 19.3. The smallest absolute Gasteiger partial charge is 0.339 e. The fraction of sp³-hybridized carbons (Fsp3) is 0.667. The summed E-state index contributed by atoms with van der Waals surface area (Å²) in [5.74, 6) is -1.11. The minimum absolute atomic E-state index is 0. The number of nitrogens with zero attached hydrogens (tertiary/aromatic N) is 1. The fourth-order valence-electron chi connectivity index (χ4n) is 0.844. The Kier molecular flexibility index (Phi) is 16.9. The molecule has 132 valence electrons. The van der Waals surface area contributed by atoms with E-state index in [9.17, 15) is 9.36 Å². The number of hydrogen-bond donors (Lipinski definition) is 8. The number of aliphatic imine (C=N–C) groups is 1. The van der Waals surface area contributed by atoms with Crippen molar-refractivity contribution in [3.63, 3.8) is 0 Å². The van der Waals surface area contributed by atoms with Crippen LogP contribution in [0.15, 0.2) is 4.99 Å². The summed E-state index contributed by atoms with van der Waals surface area (Å²) in [6.07, 6.45) is 1.48. The van der Waals surface area contributed by atoms with Crippen molar-refractivity contribution >= 4 is 37.9 Å². The van der Waals surface area contributed by atoms with Gasteiger partial charge in [0.25, 0.3) is 0 Å². The Balaban J connectivity index is -0.000000315. The lowest BCUT2D eigenvalue weighted by atomic mass is 10.3. The molecule has 11 nitrogen and oxygen atoms in total. The third kappa shape index (κ3) is 27.0. The van der Waals surface area contributed by atoms with Crippen LogP contribution >= 0.6 is 20.0 Å². The highest BCUT2D eigenvalue weighted by atomic mass is 35.5. The molecule has 0 fully saturated rings. The molecule has 0 aliphatic heterocycles. The summed E-state index contributed by atoms with van der Waals surface area (Å²) >= 11 is 0. The minimum atomic E-state index is -4.10. The van der Waals surface area contributed by atoms with Gasteiger partial charge in [0.15, 0.2) is 11.9 Å². The second kappa shape index (κ2) is 14.5. The molecule has 13 heteroatoms. The Morgan fingerprint density at radius 1 is 1.36 bits per heavy atom. The summed E-state index contributed by atoms with van der Waals surface area (Å²) in [6.45, 7) is 2.32. The first kappa shape index (κ1) is 25.6. The van der Waals surface area contributed by atoms with Crippen molar-refractivity contribution < 1.29 is 24.3 Å². The summed E-state index contributed by atoms with van der Waals surface area (Å²) in [4.78, 5) is 30.1. The molecule has 0 spiro atoms.